The lowest BCUT2D eigenvalue weighted by Crippen LogP contribution is -2.49. The van der Waals surface area contributed by atoms with Gasteiger partial charge in [-0.3, -0.25) is 4.90 Å². The maximum atomic E-state index is 5.62. The average Bonchev–Trinajstić information content (AvgIpc) is 2.39. The van der Waals surface area contributed by atoms with Gasteiger partial charge in [0.2, 0.25) is 0 Å². The van der Waals surface area contributed by atoms with Gasteiger partial charge in [0, 0.05) is 32.2 Å². The van der Waals surface area contributed by atoms with Gasteiger partial charge in [-0.1, -0.05) is 18.3 Å². The van der Waals surface area contributed by atoms with Gasteiger partial charge in [-0.25, -0.2) is 4.98 Å². The van der Waals surface area contributed by atoms with Crippen molar-refractivity contribution >= 4 is 23.0 Å². The third-order valence-corrected chi connectivity index (χ3v) is 3.56. The molecule has 1 aliphatic heterocycles. The number of pyridine rings is 1. The van der Waals surface area contributed by atoms with Crippen LogP contribution in [0.3, 0.4) is 0 Å². The summed E-state index contributed by atoms with van der Waals surface area (Å²) in [5.41, 5.74) is 6.32. The van der Waals surface area contributed by atoms with Crippen molar-refractivity contribution in [1.29, 1.82) is 0 Å². The number of thiocarbonyl (C=S) groups is 1. The minimum Gasteiger partial charge on any atom is -0.388 e. The van der Waals surface area contributed by atoms with Crippen molar-refractivity contribution in [1.82, 2.24) is 9.88 Å². The molecule has 0 aliphatic carbocycles. The maximum absolute atomic E-state index is 5.62. The van der Waals surface area contributed by atoms with Crippen LogP contribution in [0.15, 0.2) is 18.2 Å². The second-order valence-electron chi connectivity index (χ2n) is 4.86. The summed E-state index contributed by atoms with van der Waals surface area (Å²) in [6.07, 6.45) is 0. The Kier molecular flexibility index (Phi) is 4.14. The Balaban J connectivity index is 2.05. The van der Waals surface area contributed by atoms with E-state index in [1.54, 1.807) is 0 Å². The van der Waals surface area contributed by atoms with Crippen molar-refractivity contribution in [3.05, 3.63) is 23.9 Å². The van der Waals surface area contributed by atoms with Crippen molar-refractivity contribution in [3.63, 3.8) is 0 Å². The molecule has 0 aromatic carbocycles. The Morgan fingerprint density at radius 2 is 1.94 bits per heavy atom. The van der Waals surface area contributed by atoms with Gasteiger partial charge in [-0.15, -0.1) is 0 Å². The zero-order valence-corrected chi connectivity index (χ0v) is 11.8. The van der Waals surface area contributed by atoms with Gasteiger partial charge in [-0.2, -0.15) is 0 Å². The molecule has 1 fully saturated rings. The quantitative estimate of drug-likeness (QED) is 0.832. The molecule has 2 rings (SSSR count). The largest absolute Gasteiger partial charge is 0.388 e. The molecule has 98 valence electrons. The van der Waals surface area contributed by atoms with Gasteiger partial charge in [0.15, 0.2) is 0 Å². The number of nitrogens with two attached hydrogens (primary N) is 1. The first-order valence-electron chi connectivity index (χ1n) is 6.34. The zero-order valence-electron chi connectivity index (χ0n) is 11.0. The van der Waals surface area contributed by atoms with Gasteiger partial charge in [0.25, 0.3) is 0 Å². The van der Waals surface area contributed by atoms with Gasteiger partial charge in [-0.05, 0) is 26.0 Å². The standard InChI is InChI=1S/C13H20N4S/c1-10(2)16-6-8-17(9-7-16)12-5-3-4-11(15-12)13(14)18/h3-5,10H,6-9H2,1-2H3,(H2,14,18). The fourth-order valence-electron chi connectivity index (χ4n) is 2.20. The lowest BCUT2D eigenvalue weighted by molar-refractivity contribution is 0.209. The van der Waals surface area contributed by atoms with Gasteiger partial charge >= 0.3 is 0 Å². The van der Waals surface area contributed by atoms with E-state index in [-0.39, 0.29) is 0 Å². The Labute approximate surface area is 114 Å². The number of rotatable bonds is 3. The Morgan fingerprint density at radius 1 is 1.28 bits per heavy atom. The monoisotopic (exact) mass is 264 g/mol. The van der Waals surface area contributed by atoms with Gasteiger partial charge in [0.1, 0.15) is 10.8 Å². The van der Waals surface area contributed by atoms with Crippen LogP contribution in [0.5, 0.6) is 0 Å². The number of piperazine rings is 1. The van der Waals surface area contributed by atoms with Crippen LogP contribution in [0, 0.1) is 0 Å². The molecule has 0 saturated carbocycles. The lowest BCUT2D eigenvalue weighted by Gasteiger charge is -2.37. The Hall–Kier alpha value is -1.20. The van der Waals surface area contributed by atoms with E-state index in [1.807, 2.05) is 18.2 Å². The number of hydrogen-bond acceptors (Lipinski definition) is 4. The molecule has 1 saturated heterocycles. The predicted octanol–water partition coefficient (Wildman–Crippen LogP) is 1.25. The van der Waals surface area contributed by atoms with E-state index < -0.39 is 0 Å². The van der Waals surface area contributed by atoms with Crippen LogP contribution in [0.1, 0.15) is 19.5 Å². The summed E-state index contributed by atoms with van der Waals surface area (Å²) < 4.78 is 0. The molecule has 0 amide bonds. The summed E-state index contributed by atoms with van der Waals surface area (Å²) in [5, 5.41) is 0. The van der Waals surface area contributed by atoms with Crippen LogP contribution in [-0.2, 0) is 0 Å². The summed E-state index contributed by atoms with van der Waals surface area (Å²) >= 11 is 4.96. The molecule has 0 spiro atoms. The summed E-state index contributed by atoms with van der Waals surface area (Å²) in [4.78, 5) is 9.64. The van der Waals surface area contributed by atoms with Crippen LogP contribution < -0.4 is 10.6 Å². The molecule has 0 atom stereocenters. The minimum absolute atomic E-state index is 0.359. The molecular weight excluding hydrogens is 244 g/mol. The summed E-state index contributed by atoms with van der Waals surface area (Å²) in [6, 6.07) is 6.46. The fraction of sp³-hybridized carbons (Fsp3) is 0.538. The predicted molar refractivity (Wildman–Crippen MR) is 79.0 cm³/mol. The summed E-state index contributed by atoms with van der Waals surface area (Å²) in [7, 11) is 0. The zero-order chi connectivity index (χ0) is 13.1. The van der Waals surface area contributed by atoms with Crippen molar-refractivity contribution in [2.45, 2.75) is 19.9 Å². The van der Waals surface area contributed by atoms with Crippen molar-refractivity contribution < 1.29 is 0 Å². The van der Waals surface area contributed by atoms with E-state index in [0.717, 1.165) is 32.0 Å². The van der Waals surface area contributed by atoms with Crippen LogP contribution in [-0.4, -0.2) is 47.1 Å². The number of hydrogen-bond donors (Lipinski definition) is 1. The van der Waals surface area contributed by atoms with Gasteiger partial charge in [0.05, 0.1) is 5.69 Å². The molecule has 1 aromatic heterocycles. The molecular formula is C13H20N4S. The smallest absolute Gasteiger partial charge is 0.129 e. The molecule has 5 heteroatoms. The highest BCUT2D eigenvalue weighted by atomic mass is 32.1. The second-order valence-corrected chi connectivity index (χ2v) is 5.30. The first kappa shape index (κ1) is 13.2. The van der Waals surface area contributed by atoms with Crippen molar-refractivity contribution in [3.8, 4) is 0 Å². The van der Waals surface area contributed by atoms with Gasteiger partial charge < -0.3 is 10.6 Å². The van der Waals surface area contributed by atoms with Crippen LogP contribution >= 0.6 is 12.2 Å². The van der Waals surface area contributed by atoms with E-state index in [2.05, 4.69) is 28.6 Å². The van der Waals surface area contributed by atoms with E-state index >= 15 is 0 Å². The summed E-state index contributed by atoms with van der Waals surface area (Å²) in [5.74, 6) is 0.976. The maximum Gasteiger partial charge on any atom is 0.129 e. The Bertz CT molecular complexity index is 425. The average molecular weight is 264 g/mol. The summed E-state index contributed by atoms with van der Waals surface area (Å²) in [6.45, 7) is 8.65. The SMILES string of the molecule is CC(C)N1CCN(c2cccc(C(N)=S)n2)CC1. The Morgan fingerprint density at radius 3 is 2.50 bits per heavy atom. The lowest BCUT2D eigenvalue weighted by atomic mass is 10.2. The number of anilines is 1. The fourth-order valence-corrected chi connectivity index (χ4v) is 2.32. The first-order chi connectivity index (χ1) is 8.58. The van der Waals surface area contributed by atoms with Crippen LogP contribution in [0.25, 0.3) is 0 Å². The number of nitrogens with zero attached hydrogens (tertiary/aromatic N) is 3. The van der Waals surface area contributed by atoms with Crippen molar-refractivity contribution in [2.24, 2.45) is 5.73 Å². The van der Waals surface area contributed by atoms with E-state index in [4.69, 9.17) is 18.0 Å². The highest BCUT2D eigenvalue weighted by Crippen LogP contribution is 2.15. The van der Waals surface area contributed by atoms with Crippen molar-refractivity contribution in [2.75, 3.05) is 31.1 Å². The van der Waals surface area contributed by atoms with E-state index in [1.165, 1.54) is 0 Å². The third-order valence-electron chi connectivity index (χ3n) is 3.36. The molecule has 2 N–H and O–H groups in total. The minimum atomic E-state index is 0.359. The van der Waals surface area contributed by atoms with E-state index in [9.17, 15) is 0 Å². The molecule has 0 bridgehead atoms. The van der Waals surface area contributed by atoms with Crippen LogP contribution in [0.4, 0.5) is 5.82 Å². The number of aromatic nitrogens is 1. The molecule has 0 radical (unpaired) electrons. The first-order valence-corrected chi connectivity index (χ1v) is 6.74. The molecule has 0 unspecified atom stereocenters. The molecule has 18 heavy (non-hydrogen) atoms. The van der Waals surface area contributed by atoms with Crippen LogP contribution in [0.2, 0.25) is 0 Å². The molecule has 2 heterocycles. The normalized spacial score (nSPS) is 17.2. The molecule has 4 nitrogen and oxygen atoms in total. The second kappa shape index (κ2) is 5.63. The van der Waals surface area contributed by atoms with E-state index in [0.29, 0.717) is 16.7 Å². The highest BCUT2D eigenvalue weighted by Gasteiger charge is 2.19. The highest BCUT2D eigenvalue weighted by molar-refractivity contribution is 7.80. The topological polar surface area (TPSA) is 45.4 Å². The third kappa shape index (κ3) is 2.97. The molecule has 1 aliphatic rings. The molecule has 1 aromatic rings.